The number of sulfone groups is 1. The maximum atomic E-state index is 12.6. The van der Waals surface area contributed by atoms with Crippen LogP contribution in [0.3, 0.4) is 0 Å². The molecular formula is C17H23N3O5S. The van der Waals surface area contributed by atoms with Gasteiger partial charge in [0.2, 0.25) is 17.7 Å². The second-order valence-corrected chi connectivity index (χ2v) is 8.63. The van der Waals surface area contributed by atoms with Crippen LogP contribution in [0.4, 0.5) is 11.4 Å². The summed E-state index contributed by atoms with van der Waals surface area (Å²) in [5, 5.41) is 2.63. The van der Waals surface area contributed by atoms with E-state index in [1.165, 1.54) is 23.6 Å². The van der Waals surface area contributed by atoms with Crippen LogP contribution >= 0.6 is 0 Å². The molecule has 1 saturated heterocycles. The molecule has 142 valence electrons. The summed E-state index contributed by atoms with van der Waals surface area (Å²) in [4.78, 5) is 38.5. The van der Waals surface area contributed by atoms with Gasteiger partial charge in [-0.05, 0) is 24.6 Å². The number of carbonyl (C=O) groups excluding carboxylic acids is 3. The standard InChI is InChI=1S/C17H23N3O5S/c1-12(21)18-14-5-4-6-15(9-14)20(13(2)22)10-17(23)19(3)16-7-8-26(24,25)11-16/h4-6,9,16H,7-8,10-11H2,1-3H3,(H,18,21). The zero-order valence-electron chi connectivity index (χ0n) is 15.1. The molecule has 1 aromatic carbocycles. The number of nitrogens with one attached hydrogen (secondary N) is 1. The third kappa shape index (κ3) is 5.04. The fourth-order valence-electron chi connectivity index (χ4n) is 2.87. The lowest BCUT2D eigenvalue weighted by molar-refractivity contribution is -0.131. The Hall–Kier alpha value is -2.42. The molecule has 0 radical (unpaired) electrons. The fourth-order valence-corrected chi connectivity index (χ4v) is 4.64. The number of likely N-dealkylation sites (N-methyl/N-ethyl adjacent to an activating group) is 1. The predicted molar refractivity (Wildman–Crippen MR) is 98.6 cm³/mol. The van der Waals surface area contributed by atoms with Crippen molar-refractivity contribution in [2.45, 2.75) is 26.3 Å². The molecule has 3 amide bonds. The molecule has 1 heterocycles. The quantitative estimate of drug-likeness (QED) is 0.806. The molecular weight excluding hydrogens is 358 g/mol. The van der Waals surface area contributed by atoms with Crippen LogP contribution in [0.2, 0.25) is 0 Å². The predicted octanol–water partition coefficient (Wildman–Crippen LogP) is 0.643. The van der Waals surface area contributed by atoms with Crippen molar-refractivity contribution >= 4 is 38.9 Å². The summed E-state index contributed by atoms with van der Waals surface area (Å²) in [5.41, 5.74) is 0.994. The average Bonchev–Trinajstić information content (AvgIpc) is 2.91. The Morgan fingerprint density at radius 2 is 1.92 bits per heavy atom. The summed E-state index contributed by atoms with van der Waals surface area (Å²) in [7, 11) is -1.55. The van der Waals surface area contributed by atoms with E-state index in [0.717, 1.165) is 0 Å². The highest BCUT2D eigenvalue weighted by atomic mass is 32.2. The first-order chi connectivity index (χ1) is 12.1. The fraction of sp³-hybridized carbons (Fsp3) is 0.471. The number of hydrogen-bond acceptors (Lipinski definition) is 5. The molecule has 0 saturated carbocycles. The summed E-state index contributed by atoms with van der Waals surface area (Å²) in [5.74, 6) is -0.884. The van der Waals surface area contributed by atoms with Crippen LogP contribution < -0.4 is 10.2 Å². The van der Waals surface area contributed by atoms with E-state index >= 15 is 0 Å². The van der Waals surface area contributed by atoms with E-state index in [1.807, 2.05) is 0 Å². The Morgan fingerprint density at radius 1 is 1.23 bits per heavy atom. The zero-order chi connectivity index (χ0) is 19.5. The average molecular weight is 381 g/mol. The van der Waals surface area contributed by atoms with Crippen LogP contribution in [0.15, 0.2) is 24.3 Å². The first-order valence-corrected chi connectivity index (χ1v) is 10.0. The molecule has 1 aliphatic rings. The largest absolute Gasteiger partial charge is 0.340 e. The maximum absolute atomic E-state index is 12.6. The molecule has 1 aliphatic heterocycles. The molecule has 1 N–H and O–H groups in total. The Labute approximate surface area is 153 Å². The van der Waals surface area contributed by atoms with E-state index in [9.17, 15) is 22.8 Å². The molecule has 1 fully saturated rings. The smallest absolute Gasteiger partial charge is 0.242 e. The minimum atomic E-state index is -3.10. The lowest BCUT2D eigenvalue weighted by Crippen LogP contribution is -2.45. The summed E-state index contributed by atoms with van der Waals surface area (Å²) in [6, 6.07) is 6.26. The topological polar surface area (TPSA) is 104 Å². The van der Waals surface area contributed by atoms with E-state index in [4.69, 9.17) is 0 Å². The third-order valence-electron chi connectivity index (χ3n) is 4.30. The van der Waals surface area contributed by atoms with Gasteiger partial charge in [0.15, 0.2) is 9.84 Å². The molecule has 0 spiro atoms. The number of anilines is 2. The number of hydrogen-bond donors (Lipinski definition) is 1. The van der Waals surface area contributed by atoms with Gasteiger partial charge in [0.1, 0.15) is 6.54 Å². The van der Waals surface area contributed by atoms with Gasteiger partial charge in [-0.25, -0.2) is 8.42 Å². The molecule has 1 aromatic rings. The van der Waals surface area contributed by atoms with E-state index in [0.29, 0.717) is 17.8 Å². The normalized spacial score (nSPS) is 18.2. The van der Waals surface area contributed by atoms with Gasteiger partial charge < -0.3 is 15.1 Å². The number of rotatable bonds is 5. The van der Waals surface area contributed by atoms with Crippen LogP contribution in [0, 0.1) is 0 Å². The highest BCUT2D eigenvalue weighted by Gasteiger charge is 2.33. The van der Waals surface area contributed by atoms with E-state index in [1.54, 1.807) is 31.3 Å². The van der Waals surface area contributed by atoms with Gasteiger partial charge in [-0.1, -0.05) is 6.07 Å². The third-order valence-corrected chi connectivity index (χ3v) is 6.05. The van der Waals surface area contributed by atoms with Gasteiger partial charge >= 0.3 is 0 Å². The van der Waals surface area contributed by atoms with Crippen molar-refractivity contribution in [1.29, 1.82) is 0 Å². The lowest BCUT2D eigenvalue weighted by atomic mass is 10.2. The monoisotopic (exact) mass is 381 g/mol. The summed E-state index contributed by atoms with van der Waals surface area (Å²) >= 11 is 0. The Kier molecular flexibility index (Phi) is 6.01. The summed E-state index contributed by atoms with van der Waals surface area (Å²) in [6.45, 7) is 2.52. The number of amides is 3. The molecule has 0 bridgehead atoms. The summed E-state index contributed by atoms with van der Waals surface area (Å²) < 4.78 is 23.2. The van der Waals surface area contributed by atoms with Crippen molar-refractivity contribution in [3.8, 4) is 0 Å². The highest BCUT2D eigenvalue weighted by Crippen LogP contribution is 2.21. The Balaban J connectivity index is 2.14. The molecule has 1 atom stereocenters. The molecule has 8 nitrogen and oxygen atoms in total. The van der Waals surface area contributed by atoms with Crippen molar-refractivity contribution in [2.24, 2.45) is 0 Å². The van der Waals surface area contributed by atoms with Crippen LogP contribution in [-0.4, -0.2) is 62.2 Å². The van der Waals surface area contributed by atoms with Gasteiger partial charge in [0, 0.05) is 38.3 Å². The molecule has 9 heteroatoms. The van der Waals surface area contributed by atoms with Gasteiger partial charge in [-0.3, -0.25) is 14.4 Å². The van der Waals surface area contributed by atoms with Crippen molar-refractivity contribution in [2.75, 3.05) is 35.3 Å². The second-order valence-electron chi connectivity index (χ2n) is 6.40. The number of carbonyl (C=O) groups is 3. The molecule has 1 unspecified atom stereocenters. The van der Waals surface area contributed by atoms with E-state index < -0.39 is 9.84 Å². The summed E-state index contributed by atoms with van der Waals surface area (Å²) in [6.07, 6.45) is 0.405. The van der Waals surface area contributed by atoms with Crippen LogP contribution in [-0.2, 0) is 24.2 Å². The van der Waals surface area contributed by atoms with Gasteiger partial charge in [-0.2, -0.15) is 0 Å². The van der Waals surface area contributed by atoms with Crippen LogP contribution in [0.25, 0.3) is 0 Å². The van der Waals surface area contributed by atoms with Gasteiger partial charge in [0.05, 0.1) is 11.5 Å². The number of benzene rings is 1. The van der Waals surface area contributed by atoms with Crippen molar-refractivity contribution in [1.82, 2.24) is 4.90 Å². The van der Waals surface area contributed by atoms with Gasteiger partial charge in [-0.15, -0.1) is 0 Å². The van der Waals surface area contributed by atoms with E-state index in [-0.39, 0.29) is 41.8 Å². The lowest BCUT2D eigenvalue weighted by Gasteiger charge is -2.28. The second kappa shape index (κ2) is 7.86. The van der Waals surface area contributed by atoms with E-state index in [2.05, 4.69) is 5.32 Å². The first-order valence-electron chi connectivity index (χ1n) is 8.21. The molecule has 2 rings (SSSR count). The minimum absolute atomic E-state index is 0.0483. The SMILES string of the molecule is CC(=O)Nc1cccc(N(CC(=O)N(C)C2CCS(=O)(=O)C2)C(C)=O)c1. The first kappa shape index (κ1) is 19.9. The van der Waals surface area contributed by atoms with Gasteiger partial charge in [0.25, 0.3) is 0 Å². The molecule has 0 aromatic heterocycles. The van der Waals surface area contributed by atoms with Crippen molar-refractivity contribution < 1.29 is 22.8 Å². The van der Waals surface area contributed by atoms with Crippen LogP contribution in [0.5, 0.6) is 0 Å². The molecule has 26 heavy (non-hydrogen) atoms. The minimum Gasteiger partial charge on any atom is -0.340 e. The van der Waals surface area contributed by atoms with Crippen molar-refractivity contribution in [3.63, 3.8) is 0 Å². The zero-order valence-corrected chi connectivity index (χ0v) is 15.9. The maximum Gasteiger partial charge on any atom is 0.242 e. The Morgan fingerprint density at radius 3 is 2.46 bits per heavy atom. The van der Waals surface area contributed by atoms with Crippen LogP contribution in [0.1, 0.15) is 20.3 Å². The van der Waals surface area contributed by atoms with Crippen molar-refractivity contribution in [3.05, 3.63) is 24.3 Å². The molecule has 0 aliphatic carbocycles. The number of nitrogens with zero attached hydrogens (tertiary/aromatic N) is 2. The Bertz CT molecular complexity index is 821. The highest BCUT2D eigenvalue weighted by molar-refractivity contribution is 7.91.